The van der Waals surface area contributed by atoms with Crippen LogP contribution in [0.4, 0.5) is 32.4 Å². The zero-order valence-corrected chi connectivity index (χ0v) is 14.7. The SMILES string of the molecule is CC(C)N(C(=O)OCc1c(F)c(F)c(F)c(F)c1F)c1ccc2c(c1)OCO2. The van der Waals surface area contributed by atoms with Crippen LogP contribution in [-0.4, -0.2) is 18.9 Å². The van der Waals surface area contributed by atoms with Crippen LogP contribution in [0, 0.1) is 29.1 Å². The van der Waals surface area contributed by atoms with Gasteiger partial charge in [0.2, 0.25) is 12.6 Å². The first-order valence-corrected chi connectivity index (χ1v) is 8.08. The van der Waals surface area contributed by atoms with Gasteiger partial charge in [-0.1, -0.05) is 0 Å². The zero-order chi connectivity index (χ0) is 20.6. The van der Waals surface area contributed by atoms with Crippen LogP contribution in [0.25, 0.3) is 0 Å². The summed E-state index contributed by atoms with van der Waals surface area (Å²) in [6, 6.07) is 4.14. The highest BCUT2D eigenvalue weighted by molar-refractivity contribution is 5.88. The molecule has 0 radical (unpaired) electrons. The molecule has 0 unspecified atom stereocenters. The Kier molecular flexibility index (Phi) is 5.30. The van der Waals surface area contributed by atoms with E-state index in [1.807, 2.05) is 0 Å². The van der Waals surface area contributed by atoms with Crippen LogP contribution in [0.15, 0.2) is 18.2 Å². The first-order valence-electron chi connectivity index (χ1n) is 8.08. The second kappa shape index (κ2) is 7.53. The number of carbonyl (C=O) groups is 1. The van der Waals surface area contributed by atoms with Gasteiger partial charge >= 0.3 is 6.09 Å². The summed E-state index contributed by atoms with van der Waals surface area (Å²) < 4.78 is 82.3. The summed E-state index contributed by atoms with van der Waals surface area (Å²) in [5.41, 5.74) is -0.902. The molecule has 0 aromatic heterocycles. The molecule has 0 spiro atoms. The molecule has 0 aliphatic carbocycles. The van der Waals surface area contributed by atoms with Gasteiger partial charge < -0.3 is 14.2 Å². The third kappa shape index (κ3) is 3.41. The van der Waals surface area contributed by atoms with Crippen LogP contribution in [0.1, 0.15) is 19.4 Å². The quantitative estimate of drug-likeness (QED) is 0.423. The predicted octanol–water partition coefficient (Wildman–Crippen LogP) is 4.66. The maximum atomic E-state index is 13.7. The molecule has 150 valence electrons. The lowest BCUT2D eigenvalue weighted by Gasteiger charge is -2.26. The number of rotatable bonds is 4. The van der Waals surface area contributed by atoms with Gasteiger partial charge in [0.25, 0.3) is 0 Å². The van der Waals surface area contributed by atoms with E-state index in [1.165, 1.54) is 12.1 Å². The van der Waals surface area contributed by atoms with Crippen molar-refractivity contribution in [2.24, 2.45) is 0 Å². The van der Waals surface area contributed by atoms with Gasteiger partial charge in [-0.3, -0.25) is 4.90 Å². The highest BCUT2D eigenvalue weighted by atomic mass is 19.2. The molecule has 0 N–H and O–H groups in total. The Balaban J connectivity index is 1.83. The number of amides is 1. The molecule has 1 aliphatic rings. The fourth-order valence-corrected chi connectivity index (χ4v) is 2.63. The second-order valence-corrected chi connectivity index (χ2v) is 6.10. The van der Waals surface area contributed by atoms with Crippen LogP contribution in [-0.2, 0) is 11.3 Å². The molecular formula is C18H14F5NO4. The van der Waals surface area contributed by atoms with Crippen molar-refractivity contribution < 1.29 is 41.0 Å². The molecular weight excluding hydrogens is 389 g/mol. The van der Waals surface area contributed by atoms with E-state index in [1.54, 1.807) is 19.9 Å². The summed E-state index contributed by atoms with van der Waals surface area (Å²) in [6.07, 6.45) is -1.04. The molecule has 1 amide bonds. The molecule has 1 heterocycles. The van der Waals surface area contributed by atoms with Gasteiger partial charge in [0.1, 0.15) is 6.61 Å². The Hall–Kier alpha value is -3.04. The third-order valence-electron chi connectivity index (χ3n) is 3.99. The first-order chi connectivity index (χ1) is 13.2. The van der Waals surface area contributed by atoms with Crippen molar-refractivity contribution in [3.8, 4) is 11.5 Å². The Morgan fingerprint density at radius 3 is 2.18 bits per heavy atom. The molecule has 28 heavy (non-hydrogen) atoms. The van der Waals surface area contributed by atoms with Crippen LogP contribution < -0.4 is 14.4 Å². The van der Waals surface area contributed by atoms with E-state index >= 15 is 0 Å². The van der Waals surface area contributed by atoms with Crippen molar-refractivity contribution in [3.63, 3.8) is 0 Å². The maximum absolute atomic E-state index is 13.7. The Bertz CT molecular complexity index is 906. The summed E-state index contributed by atoms with van der Waals surface area (Å²) in [7, 11) is 0. The van der Waals surface area contributed by atoms with E-state index in [4.69, 9.17) is 14.2 Å². The van der Waals surface area contributed by atoms with Gasteiger partial charge in [-0.15, -0.1) is 0 Å². The molecule has 0 saturated carbocycles. The van der Waals surface area contributed by atoms with Crippen molar-refractivity contribution in [1.29, 1.82) is 0 Å². The Labute approximate surface area is 156 Å². The van der Waals surface area contributed by atoms with Crippen LogP contribution >= 0.6 is 0 Å². The topological polar surface area (TPSA) is 48.0 Å². The van der Waals surface area contributed by atoms with Gasteiger partial charge in [-0.05, 0) is 26.0 Å². The van der Waals surface area contributed by atoms with Gasteiger partial charge in [-0.2, -0.15) is 0 Å². The number of halogens is 5. The highest BCUT2D eigenvalue weighted by Gasteiger charge is 2.28. The fraction of sp³-hybridized carbons (Fsp3) is 0.278. The average molecular weight is 403 g/mol. The zero-order valence-electron chi connectivity index (χ0n) is 14.7. The molecule has 5 nitrogen and oxygen atoms in total. The first kappa shape index (κ1) is 19.7. The summed E-state index contributed by atoms with van der Waals surface area (Å²) in [4.78, 5) is 13.6. The minimum Gasteiger partial charge on any atom is -0.454 e. The van der Waals surface area contributed by atoms with Gasteiger partial charge in [0.05, 0.1) is 11.3 Å². The number of hydrogen-bond donors (Lipinski definition) is 0. The third-order valence-corrected chi connectivity index (χ3v) is 3.99. The van der Waals surface area contributed by atoms with Crippen molar-refractivity contribution in [3.05, 3.63) is 52.8 Å². The van der Waals surface area contributed by atoms with E-state index in [-0.39, 0.29) is 6.79 Å². The monoisotopic (exact) mass is 403 g/mol. The lowest BCUT2D eigenvalue weighted by atomic mass is 10.2. The number of anilines is 1. The van der Waals surface area contributed by atoms with E-state index in [0.29, 0.717) is 17.2 Å². The maximum Gasteiger partial charge on any atom is 0.414 e. The van der Waals surface area contributed by atoms with Crippen LogP contribution in [0.5, 0.6) is 11.5 Å². The normalized spacial score (nSPS) is 12.4. The summed E-state index contributed by atoms with van der Waals surface area (Å²) in [6.45, 7) is 2.16. The number of nitrogens with zero attached hydrogens (tertiary/aromatic N) is 1. The minimum atomic E-state index is -2.28. The van der Waals surface area contributed by atoms with Crippen molar-refractivity contribution in [2.45, 2.75) is 26.5 Å². The number of hydrogen-bond acceptors (Lipinski definition) is 4. The van der Waals surface area contributed by atoms with Crippen molar-refractivity contribution in [1.82, 2.24) is 0 Å². The Morgan fingerprint density at radius 1 is 1.00 bits per heavy atom. The standard InChI is InChI=1S/C18H14F5NO4/c1-8(2)24(9-3-4-11-12(5-9)28-7-27-11)18(25)26-6-10-13(19)15(21)17(23)16(22)14(10)20/h3-5,8H,6-7H2,1-2H3. The molecule has 0 fully saturated rings. The molecule has 2 aromatic rings. The van der Waals surface area contributed by atoms with Gasteiger partial charge in [0.15, 0.2) is 34.8 Å². The molecule has 2 aromatic carbocycles. The van der Waals surface area contributed by atoms with Crippen LogP contribution in [0.2, 0.25) is 0 Å². The summed E-state index contributed by atoms with van der Waals surface area (Å²) in [5, 5.41) is 0. The Morgan fingerprint density at radius 2 is 1.57 bits per heavy atom. The van der Waals surface area contributed by atoms with E-state index in [2.05, 4.69) is 0 Å². The molecule has 10 heteroatoms. The summed E-state index contributed by atoms with van der Waals surface area (Å²) >= 11 is 0. The van der Waals surface area contributed by atoms with E-state index in [0.717, 1.165) is 4.90 Å². The number of benzene rings is 2. The van der Waals surface area contributed by atoms with Crippen molar-refractivity contribution >= 4 is 11.8 Å². The average Bonchev–Trinajstić information content (AvgIpc) is 3.12. The summed E-state index contributed by atoms with van der Waals surface area (Å²) in [5.74, 6) is -9.75. The minimum absolute atomic E-state index is 0.0190. The molecule has 1 aliphatic heterocycles. The van der Waals surface area contributed by atoms with Crippen molar-refractivity contribution in [2.75, 3.05) is 11.7 Å². The number of fused-ring (bicyclic) bond motifs is 1. The van der Waals surface area contributed by atoms with Gasteiger partial charge in [0, 0.05) is 12.1 Å². The van der Waals surface area contributed by atoms with Crippen LogP contribution in [0.3, 0.4) is 0 Å². The molecule has 0 bridgehead atoms. The fourth-order valence-electron chi connectivity index (χ4n) is 2.63. The number of ether oxygens (including phenoxy) is 3. The molecule has 0 atom stereocenters. The lowest BCUT2D eigenvalue weighted by molar-refractivity contribution is 0.141. The van der Waals surface area contributed by atoms with Gasteiger partial charge in [-0.25, -0.2) is 26.7 Å². The lowest BCUT2D eigenvalue weighted by Crippen LogP contribution is -2.37. The molecule has 0 saturated heterocycles. The van der Waals surface area contributed by atoms with E-state index in [9.17, 15) is 26.7 Å². The predicted molar refractivity (Wildman–Crippen MR) is 86.6 cm³/mol. The highest BCUT2D eigenvalue weighted by Crippen LogP contribution is 2.36. The van der Waals surface area contributed by atoms with E-state index < -0.39 is 53.4 Å². The smallest absolute Gasteiger partial charge is 0.414 e. The second-order valence-electron chi connectivity index (χ2n) is 6.10. The number of carbonyl (C=O) groups excluding carboxylic acids is 1. The largest absolute Gasteiger partial charge is 0.454 e. The molecule has 3 rings (SSSR count).